The van der Waals surface area contributed by atoms with Crippen LogP contribution in [0.4, 0.5) is 13.6 Å². The molecule has 12 N–H and O–H groups in total. The lowest BCUT2D eigenvalue weighted by molar-refractivity contribution is -0.140. The van der Waals surface area contributed by atoms with E-state index in [1.54, 1.807) is 21.6 Å². The number of aromatic hydroxyl groups is 1. The van der Waals surface area contributed by atoms with E-state index in [4.69, 9.17) is 15.2 Å². The second kappa shape index (κ2) is 37.6. The third-order valence-corrected chi connectivity index (χ3v) is 14.3. The number of nitrogens with one attached hydrogen (secondary N) is 6. The zero-order chi connectivity index (χ0) is 63.1. The molecule has 27 nitrogen and oxygen atoms in total. The van der Waals surface area contributed by atoms with Gasteiger partial charge in [0.25, 0.3) is 0 Å². The Labute approximate surface area is 503 Å². The number of carboxylic acid groups (broad SMARTS) is 3. The van der Waals surface area contributed by atoms with E-state index in [2.05, 4.69) is 36.9 Å². The lowest BCUT2D eigenvalue weighted by atomic mass is 10.00. The summed E-state index contributed by atoms with van der Waals surface area (Å²) in [5, 5.41) is 53.8. The summed E-state index contributed by atoms with van der Waals surface area (Å²) in [4.78, 5) is 113. The van der Waals surface area contributed by atoms with Crippen molar-refractivity contribution in [1.82, 2.24) is 56.4 Å². The van der Waals surface area contributed by atoms with E-state index >= 15 is 0 Å². The maximum Gasteiger partial charge on any atom is 0.321 e. The molecule has 87 heavy (non-hydrogen) atoms. The Balaban J connectivity index is 1.11. The number of phenolic OH excluding ortho intramolecular Hbond substituents is 1. The van der Waals surface area contributed by atoms with Crippen LogP contribution in [-0.2, 0) is 69.1 Å². The topological polar surface area (TPSA) is 363 Å². The lowest BCUT2D eigenvalue weighted by Gasteiger charge is -2.32. The Morgan fingerprint density at radius 2 is 1.15 bits per heavy atom. The van der Waals surface area contributed by atoms with Crippen LogP contribution in [-0.4, -0.2) is 236 Å². The number of amides is 6. The van der Waals surface area contributed by atoms with E-state index in [1.165, 1.54) is 0 Å². The monoisotopic (exact) mass is 1220 g/mol. The largest absolute Gasteiger partial charge is 0.508 e. The molecule has 2 aliphatic rings. The van der Waals surface area contributed by atoms with Crippen LogP contribution >= 0.6 is 0 Å². The molecule has 2 heterocycles. The number of rotatable bonds is 33. The van der Waals surface area contributed by atoms with Crippen molar-refractivity contribution in [2.24, 2.45) is 10.7 Å². The molecule has 6 amide bonds. The SMILES string of the molecule is CCC(=O)NCCNC(=O)NC(N)=NCCCC(NC(=O)C(c1ccc(CCCOCCOCCNC(=O)CN2CCN(CC(=O)O)CCN(CC(=O)O)CCN(CC(=O)O)CC2)cc1)N1Cc2ccccc2C1)C(=O)NCc1c(F)cc(O)cc1F. The minimum absolute atomic E-state index is 0.00162. The molecule has 2 unspecified atom stereocenters. The second-order valence-corrected chi connectivity index (χ2v) is 20.9. The standard InChI is InChI=1S/C58H83F2N13O14/c1-2-49(75)62-16-17-65-58(85)68-57(61)64-15-5-10-48(55(83)66-33-45-46(59)31-44(74)32-47(45)60)67-56(84)54(73-34-42-8-3-4-9-43(42)35-73)41-13-11-40(12-14-41)7-6-27-86-29-30-87-28-18-63-50(76)36-69-19-21-70(37-51(77)78)23-25-72(39-53(81)82)26-24-71(22-20-69)38-52(79)80/h3-4,8-9,11-14,31-32,48,54,74H,2,5-7,10,15-30,33-39H2,1H3,(H,62,75)(H,63,76)(H,66,83)(H,67,84)(H,77,78)(H,79,80)(H,81,82)(H4,61,64,65,68,85). The molecule has 478 valence electrons. The van der Waals surface area contributed by atoms with Gasteiger partial charge < -0.3 is 62.2 Å². The van der Waals surface area contributed by atoms with E-state index in [0.717, 1.165) is 28.8 Å². The molecule has 0 bridgehead atoms. The van der Waals surface area contributed by atoms with Gasteiger partial charge in [0.05, 0.1) is 46.0 Å². The molecule has 1 fully saturated rings. The number of guanidine groups is 1. The summed E-state index contributed by atoms with van der Waals surface area (Å²) in [5.41, 5.74) is 9.12. The van der Waals surface area contributed by atoms with Gasteiger partial charge in [0, 0.05) is 129 Å². The molecule has 5 rings (SSSR count). The number of carboxylic acids is 3. The number of aliphatic imine (C=N–C) groups is 1. The Bertz CT molecular complexity index is 2700. The van der Waals surface area contributed by atoms with E-state index in [1.807, 2.05) is 58.3 Å². The molecule has 0 aromatic heterocycles. The Morgan fingerprint density at radius 3 is 1.69 bits per heavy atom. The molecule has 29 heteroatoms. The predicted octanol–water partition coefficient (Wildman–Crippen LogP) is 0.00620. The Hall–Kier alpha value is -7.93. The van der Waals surface area contributed by atoms with E-state index in [0.29, 0.717) is 64.2 Å². The summed E-state index contributed by atoms with van der Waals surface area (Å²) in [6.07, 6.45) is 1.77. The highest BCUT2D eigenvalue weighted by Gasteiger charge is 2.34. The van der Waals surface area contributed by atoms with Crippen LogP contribution in [0.15, 0.2) is 65.7 Å². The maximum absolute atomic E-state index is 14.7. The number of nitrogens with zero attached hydrogens (tertiary/aromatic N) is 6. The van der Waals surface area contributed by atoms with Crippen molar-refractivity contribution in [3.63, 3.8) is 0 Å². The van der Waals surface area contributed by atoms with Crippen LogP contribution in [0.3, 0.4) is 0 Å². The number of phenols is 1. The van der Waals surface area contributed by atoms with Gasteiger partial charge in [0.2, 0.25) is 23.6 Å². The van der Waals surface area contributed by atoms with Crippen molar-refractivity contribution in [1.29, 1.82) is 0 Å². The number of halogens is 2. The third-order valence-electron chi connectivity index (χ3n) is 14.3. The van der Waals surface area contributed by atoms with Gasteiger partial charge in [-0.1, -0.05) is 55.5 Å². The maximum atomic E-state index is 14.7. The zero-order valence-electron chi connectivity index (χ0n) is 49.1. The Kier molecular flexibility index (Phi) is 30.2. The van der Waals surface area contributed by atoms with Gasteiger partial charge in [0.1, 0.15) is 29.5 Å². The summed E-state index contributed by atoms with van der Waals surface area (Å²) in [6.45, 7) is 5.17. The first-order valence-electron chi connectivity index (χ1n) is 29.0. The van der Waals surface area contributed by atoms with Gasteiger partial charge in [-0.25, -0.2) is 13.6 Å². The summed E-state index contributed by atoms with van der Waals surface area (Å²) in [7, 11) is 0. The highest BCUT2D eigenvalue weighted by Crippen LogP contribution is 2.32. The van der Waals surface area contributed by atoms with Crippen molar-refractivity contribution >= 4 is 53.5 Å². The molecule has 0 spiro atoms. The highest BCUT2D eigenvalue weighted by atomic mass is 19.1. The number of hydrogen-bond donors (Lipinski definition) is 11. The summed E-state index contributed by atoms with van der Waals surface area (Å²) in [5.74, 6) is -7.85. The first-order chi connectivity index (χ1) is 41.8. The number of ether oxygens (including phenoxy) is 2. The van der Waals surface area contributed by atoms with Crippen LogP contribution in [0.5, 0.6) is 5.75 Å². The fourth-order valence-corrected chi connectivity index (χ4v) is 9.72. The molecule has 2 atom stereocenters. The molecule has 1 saturated heterocycles. The number of nitrogens with two attached hydrogens (primary N) is 1. The number of aliphatic carboxylic acids is 3. The van der Waals surface area contributed by atoms with E-state index in [9.17, 15) is 67.6 Å². The van der Waals surface area contributed by atoms with Gasteiger partial charge in [0.15, 0.2) is 5.96 Å². The highest BCUT2D eigenvalue weighted by molar-refractivity contribution is 5.95. The van der Waals surface area contributed by atoms with Crippen molar-refractivity contribution in [2.75, 3.05) is 131 Å². The summed E-state index contributed by atoms with van der Waals surface area (Å²) in [6, 6.07) is 14.0. The number of carbonyl (C=O) groups excluding carboxylic acids is 5. The van der Waals surface area contributed by atoms with Crippen LogP contribution in [0.25, 0.3) is 0 Å². The fourth-order valence-electron chi connectivity index (χ4n) is 9.72. The minimum atomic E-state index is -1.23. The van der Waals surface area contributed by atoms with E-state index < -0.39 is 77.3 Å². The van der Waals surface area contributed by atoms with Gasteiger partial charge in [-0.05, 0) is 47.9 Å². The van der Waals surface area contributed by atoms with Crippen LogP contribution < -0.4 is 37.6 Å². The summed E-state index contributed by atoms with van der Waals surface area (Å²) >= 11 is 0. The van der Waals surface area contributed by atoms with Crippen molar-refractivity contribution < 1.29 is 77.0 Å². The van der Waals surface area contributed by atoms with Crippen molar-refractivity contribution in [2.45, 2.75) is 70.7 Å². The van der Waals surface area contributed by atoms with Gasteiger partial charge in [-0.15, -0.1) is 0 Å². The van der Waals surface area contributed by atoms with Crippen molar-refractivity contribution in [3.05, 3.63) is 100 Å². The predicted molar refractivity (Wildman–Crippen MR) is 314 cm³/mol. The Morgan fingerprint density at radius 1 is 0.632 bits per heavy atom. The fraction of sp³-hybridized carbons (Fsp3) is 0.534. The number of benzene rings is 3. The first kappa shape index (κ1) is 69.8. The summed E-state index contributed by atoms with van der Waals surface area (Å²) < 4.78 is 40.9. The number of aryl methyl sites for hydroxylation is 1. The molecule has 3 aromatic carbocycles. The van der Waals surface area contributed by atoms with Crippen molar-refractivity contribution in [3.8, 4) is 5.75 Å². The number of carbonyl (C=O) groups is 8. The molecule has 0 aliphatic carbocycles. The minimum Gasteiger partial charge on any atom is -0.508 e. The smallest absolute Gasteiger partial charge is 0.321 e. The molecular formula is C58H83F2N13O14. The quantitative estimate of drug-likeness (QED) is 0.0217. The number of urea groups is 1. The first-order valence-corrected chi connectivity index (χ1v) is 29.0. The average molecular weight is 1220 g/mol. The number of fused-ring (bicyclic) bond motifs is 1. The lowest BCUT2D eigenvalue weighted by Crippen LogP contribution is -2.50. The van der Waals surface area contributed by atoms with E-state index in [-0.39, 0.29) is 135 Å². The van der Waals surface area contributed by atoms with Crippen LogP contribution in [0.1, 0.15) is 66.5 Å². The average Bonchev–Trinajstić information content (AvgIpc) is 1.87. The van der Waals surface area contributed by atoms with Gasteiger partial charge in [-0.3, -0.25) is 68.4 Å². The molecular weight excluding hydrogens is 1140 g/mol. The van der Waals surface area contributed by atoms with Gasteiger partial charge in [-0.2, -0.15) is 0 Å². The molecule has 0 saturated carbocycles. The zero-order valence-corrected chi connectivity index (χ0v) is 49.1. The molecule has 2 aliphatic heterocycles. The second-order valence-electron chi connectivity index (χ2n) is 20.9. The van der Waals surface area contributed by atoms with Crippen LogP contribution in [0, 0.1) is 11.6 Å². The number of hydrogen-bond acceptors (Lipinski definition) is 17. The normalized spacial score (nSPS) is 15.6. The van der Waals surface area contributed by atoms with Gasteiger partial charge >= 0.3 is 23.9 Å². The van der Waals surface area contributed by atoms with Crippen LogP contribution in [0.2, 0.25) is 0 Å². The third kappa shape index (κ3) is 26.3. The molecule has 0 radical (unpaired) electrons. The molecule has 3 aromatic rings.